The molecule has 0 saturated carbocycles. The molecule has 1 nitrogen and oxygen atoms in total. The average molecular weight is 324 g/mol. The molecule has 1 unspecified atom stereocenters. The van der Waals surface area contributed by atoms with Gasteiger partial charge in [-0.25, -0.2) is 0 Å². The molecule has 1 aromatic carbocycles. The number of nitrogens with one attached hydrogen (secondary N) is 1. The number of thiophene rings is 1. The second-order valence-corrected chi connectivity index (χ2v) is 6.34. The SMILES string of the molecule is Cc1cc(CNC(C)Cc2ccsc2)ccc1Br. The van der Waals surface area contributed by atoms with Crippen LogP contribution in [0.25, 0.3) is 0 Å². The first-order valence-electron chi connectivity index (χ1n) is 6.14. The molecule has 0 amide bonds. The summed E-state index contributed by atoms with van der Waals surface area (Å²) < 4.78 is 1.18. The van der Waals surface area contributed by atoms with Crippen LogP contribution in [-0.4, -0.2) is 6.04 Å². The molecule has 1 aromatic heterocycles. The molecule has 0 fully saturated rings. The zero-order chi connectivity index (χ0) is 13.0. The molecule has 96 valence electrons. The molecule has 0 saturated heterocycles. The van der Waals surface area contributed by atoms with Crippen LogP contribution in [0.3, 0.4) is 0 Å². The highest BCUT2D eigenvalue weighted by molar-refractivity contribution is 9.10. The third kappa shape index (κ3) is 3.94. The summed E-state index contributed by atoms with van der Waals surface area (Å²) in [5.41, 5.74) is 4.06. The van der Waals surface area contributed by atoms with Crippen LogP contribution in [0, 0.1) is 6.92 Å². The van der Waals surface area contributed by atoms with Crippen molar-refractivity contribution in [3.8, 4) is 0 Å². The Balaban J connectivity index is 1.85. The molecule has 0 aliphatic carbocycles. The summed E-state index contributed by atoms with van der Waals surface area (Å²) in [6, 6.07) is 9.22. The minimum atomic E-state index is 0.503. The van der Waals surface area contributed by atoms with E-state index in [2.05, 4.69) is 70.1 Å². The van der Waals surface area contributed by atoms with Crippen molar-refractivity contribution in [2.45, 2.75) is 32.9 Å². The lowest BCUT2D eigenvalue weighted by Crippen LogP contribution is -2.27. The van der Waals surface area contributed by atoms with Crippen LogP contribution in [-0.2, 0) is 13.0 Å². The number of aryl methyl sites for hydroxylation is 1. The molecule has 2 aromatic rings. The maximum absolute atomic E-state index is 3.57. The topological polar surface area (TPSA) is 12.0 Å². The van der Waals surface area contributed by atoms with Gasteiger partial charge in [0.05, 0.1) is 0 Å². The van der Waals surface area contributed by atoms with Crippen LogP contribution in [0.2, 0.25) is 0 Å². The molecule has 3 heteroatoms. The predicted octanol–water partition coefficient (Wildman–Crippen LogP) is 4.54. The first kappa shape index (κ1) is 13.8. The summed E-state index contributed by atoms with van der Waals surface area (Å²) in [5, 5.41) is 7.94. The number of hydrogen-bond acceptors (Lipinski definition) is 2. The molecule has 0 aliphatic heterocycles. The third-order valence-electron chi connectivity index (χ3n) is 3.00. The Morgan fingerprint density at radius 3 is 2.78 bits per heavy atom. The Morgan fingerprint density at radius 1 is 1.28 bits per heavy atom. The van der Waals surface area contributed by atoms with Crippen molar-refractivity contribution < 1.29 is 0 Å². The van der Waals surface area contributed by atoms with Crippen LogP contribution >= 0.6 is 27.3 Å². The summed E-state index contributed by atoms with van der Waals surface area (Å²) in [7, 11) is 0. The Bertz CT molecular complexity index is 493. The van der Waals surface area contributed by atoms with Gasteiger partial charge in [-0.05, 0) is 59.9 Å². The Labute approximate surface area is 121 Å². The summed E-state index contributed by atoms with van der Waals surface area (Å²) in [6.07, 6.45) is 1.10. The molecule has 1 N–H and O–H groups in total. The van der Waals surface area contributed by atoms with Crippen molar-refractivity contribution in [3.05, 3.63) is 56.2 Å². The van der Waals surface area contributed by atoms with Crippen LogP contribution in [0.4, 0.5) is 0 Å². The van der Waals surface area contributed by atoms with Crippen LogP contribution < -0.4 is 5.32 Å². The van der Waals surface area contributed by atoms with Gasteiger partial charge in [0.25, 0.3) is 0 Å². The summed E-state index contributed by atoms with van der Waals surface area (Å²) >= 11 is 5.30. The second-order valence-electron chi connectivity index (χ2n) is 4.70. The van der Waals surface area contributed by atoms with Gasteiger partial charge in [-0.3, -0.25) is 0 Å². The number of rotatable bonds is 5. The molecule has 2 rings (SSSR count). The lowest BCUT2D eigenvalue weighted by atomic mass is 10.1. The van der Waals surface area contributed by atoms with E-state index in [0.717, 1.165) is 13.0 Å². The molecule has 0 radical (unpaired) electrons. The van der Waals surface area contributed by atoms with Crippen LogP contribution in [0.5, 0.6) is 0 Å². The zero-order valence-corrected chi connectivity index (χ0v) is 13.1. The van der Waals surface area contributed by atoms with Gasteiger partial charge in [-0.15, -0.1) is 0 Å². The Morgan fingerprint density at radius 2 is 2.11 bits per heavy atom. The van der Waals surface area contributed by atoms with Crippen molar-refractivity contribution in [3.63, 3.8) is 0 Å². The van der Waals surface area contributed by atoms with Gasteiger partial charge in [0, 0.05) is 17.1 Å². The fraction of sp³-hybridized carbons (Fsp3) is 0.333. The van der Waals surface area contributed by atoms with E-state index < -0.39 is 0 Å². The molecule has 0 spiro atoms. The molecule has 18 heavy (non-hydrogen) atoms. The standard InChI is InChI=1S/C15H18BrNS/c1-11-7-13(3-4-15(11)16)9-17-12(2)8-14-5-6-18-10-14/h3-7,10,12,17H,8-9H2,1-2H3. The largest absolute Gasteiger partial charge is 0.310 e. The van der Waals surface area contributed by atoms with E-state index in [-0.39, 0.29) is 0 Å². The molecule has 0 aliphatic rings. The first-order chi connectivity index (χ1) is 8.65. The molecule has 0 bridgehead atoms. The fourth-order valence-corrected chi connectivity index (χ4v) is 2.87. The summed E-state index contributed by atoms with van der Waals surface area (Å²) in [6.45, 7) is 5.30. The van der Waals surface area contributed by atoms with Crippen molar-refractivity contribution in [2.24, 2.45) is 0 Å². The van der Waals surface area contributed by atoms with Crippen molar-refractivity contribution >= 4 is 27.3 Å². The van der Waals surface area contributed by atoms with Crippen LogP contribution in [0.15, 0.2) is 39.5 Å². The van der Waals surface area contributed by atoms with Crippen LogP contribution in [0.1, 0.15) is 23.6 Å². The number of hydrogen-bond donors (Lipinski definition) is 1. The zero-order valence-electron chi connectivity index (χ0n) is 10.7. The predicted molar refractivity (Wildman–Crippen MR) is 83.2 cm³/mol. The van der Waals surface area contributed by atoms with E-state index in [9.17, 15) is 0 Å². The Hall–Kier alpha value is -0.640. The highest BCUT2D eigenvalue weighted by atomic mass is 79.9. The van der Waals surface area contributed by atoms with Crippen molar-refractivity contribution in [1.29, 1.82) is 0 Å². The van der Waals surface area contributed by atoms with E-state index in [1.54, 1.807) is 11.3 Å². The molecule has 1 atom stereocenters. The van der Waals surface area contributed by atoms with Gasteiger partial charge >= 0.3 is 0 Å². The third-order valence-corrected chi connectivity index (χ3v) is 4.62. The smallest absolute Gasteiger partial charge is 0.0208 e. The first-order valence-corrected chi connectivity index (χ1v) is 7.88. The maximum Gasteiger partial charge on any atom is 0.0208 e. The lowest BCUT2D eigenvalue weighted by molar-refractivity contribution is 0.546. The molecular weight excluding hydrogens is 306 g/mol. The van der Waals surface area contributed by atoms with Gasteiger partial charge < -0.3 is 5.32 Å². The van der Waals surface area contributed by atoms with Gasteiger partial charge in [-0.1, -0.05) is 28.1 Å². The second kappa shape index (κ2) is 6.50. The Kier molecular flexibility index (Phi) is 4.98. The van der Waals surface area contributed by atoms with E-state index >= 15 is 0 Å². The minimum Gasteiger partial charge on any atom is -0.310 e. The highest BCUT2D eigenvalue weighted by Crippen LogP contribution is 2.17. The van der Waals surface area contributed by atoms with E-state index in [1.165, 1.54) is 21.2 Å². The average Bonchev–Trinajstić information content (AvgIpc) is 2.83. The quantitative estimate of drug-likeness (QED) is 0.851. The van der Waals surface area contributed by atoms with Gasteiger partial charge in [0.1, 0.15) is 0 Å². The van der Waals surface area contributed by atoms with E-state index in [1.807, 2.05) is 0 Å². The summed E-state index contributed by atoms with van der Waals surface area (Å²) in [4.78, 5) is 0. The molecular formula is C15H18BrNS. The van der Waals surface area contributed by atoms with E-state index in [4.69, 9.17) is 0 Å². The number of halogens is 1. The summed E-state index contributed by atoms with van der Waals surface area (Å²) in [5.74, 6) is 0. The van der Waals surface area contributed by atoms with Crippen molar-refractivity contribution in [1.82, 2.24) is 5.32 Å². The lowest BCUT2D eigenvalue weighted by Gasteiger charge is -2.13. The van der Waals surface area contributed by atoms with Gasteiger partial charge in [-0.2, -0.15) is 11.3 Å². The fourth-order valence-electron chi connectivity index (χ4n) is 1.94. The van der Waals surface area contributed by atoms with Gasteiger partial charge in [0.2, 0.25) is 0 Å². The maximum atomic E-state index is 3.57. The normalized spacial score (nSPS) is 12.6. The molecule has 1 heterocycles. The minimum absolute atomic E-state index is 0.503. The van der Waals surface area contributed by atoms with Gasteiger partial charge in [0.15, 0.2) is 0 Å². The van der Waals surface area contributed by atoms with Crippen molar-refractivity contribution in [2.75, 3.05) is 0 Å². The monoisotopic (exact) mass is 323 g/mol. The highest BCUT2D eigenvalue weighted by Gasteiger charge is 2.04. The van der Waals surface area contributed by atoms with E-state index in [0.29, 0.717) is 6.04 Å². The number of benzene rings is 1.